The van der Waals surface area contributed by atoms with Gasteiger partial charge in [0, 0.05) is 24.8 Å². The van der Waals surface area contributed by atoms with Crippen molar-refractivity contribution in [3.05, 3.63) is 24.0 Å². The summed E-state index contributed by atoms with van der Waals surface area (Å²) in [4.78, 5) is 1.76. The molecule has 0 bridgehead atoms. The highest BCUT2D eigenvalue weighted by molar-refractivity contribution is 7.89. The Morgan fingerprint density at radius 2 is 1.90 bits per heavy atom. The van der Waals surface area contributed by atoms with Gasteiger partial charge < -0.3 is 10.6 Å². The van der Waals surface area contributed by atoms with E-state index in [1.165, 1.54) is 16.4 Å². The van der Waals surface area contributed by atoms with Gasteiger partial charge in [0.05, 0.1) is 0 Å². The maximum Gasteiger partial charge on any atom is 0.246 e. The molecule has 2 N–H and O–H groups in total. The van der Waals surface area contributed by atoms with Crippen LogP contribution in [0.2, 0.25) is 0 Å². The second kappa shape index (κ2) is 5.67. The molecule has 0 spiro atoms. The standard InChI is InChI=1S/C13H20FN3O2S/c1-16(2)11-5-7-17(8-6-11)20(18,19)13-9-10(15)3-4-12(13)14/h3-4,9,11H,5-8,15H2,1-2H3. The van der Waals surface area contributed by atoms with Crippen LogP contribution in [0, 0.1) is 5.82 Å². The topological polar surface area (TPSA) is 66.6 Å². The SMILES string of the molecule is CN(C)C1CCN(S(=O)(=O)c2cc(N)ccc2F)CC1. The third-order valence-electron chi connectivity index (χ3n) is 3.73. The van der Waals surface area contributed by atoms with Gasteiger partial charge in [0.15, 0.2) is 0 Å². The van der Waals surface area contributed by atoms with Crippen molar-refractivity contribution in [1.82, 2.24) is 9.21 Å². The highest BCUT2D eigenvalue weighted by atomic mass is 32.2. The normalized spacial score (nSPS) is 18.6. The minimum atomic E-state index is -3.80. The Hall–Kier alpha value is -1.18. The summed E-state index contributed by atoms with van der Waals surface area (Å²) in [7, 11) is 0.153. The van der Waals surface area contributed by atoms with Crippen LogP contribution in [0.3, 0.4) is 0 Å². The van der Waals surface area contributed by atoms with Gasteiger partial charge in [-0.1, -0.05) is 0 Å². The molecule has 0 amide bonds. The molecule has 1 aromatic rings. The minimum Gasteiger partial charge on any atom is -0.399 e. The molecule has 0 unspecified atom stereocenters. The zero-order valence-corrected chi connectivity index (χ0v) is 12.5. The van der Waals surface area contributed by atoms with Gasteiger partial charge in [-0.2, -0.15) is 4.31 Å². The molecular formula is C13H20FN3O2S. The van der Waals surface area contributed by atoms with E-state index in [9.17, 15) is 12.8 Å². The summed E-state index contributed by atoms with van der Waals surface area (Å²) in [6.45, 7) is 0.804. The Labute approximate surface area is 119 Å². The molecule has 0 aromatic heterocycles. The molecule has 112 valence electrons. The molecule has 0 atom stereocenters. The number of benzene rings is 1. The molecule has 1 fully saturated rings. The number of hydrogen-bond donors (Lipinski definition) is 1. The molecule has 1 aliphatic rings. The van der Waals surface area contributed by atoms with Gasteiger partial charge in [0.2, 0.25) is 10.0 Å². The third-order valence-corrected chi connectivity index (χ3v) is 5.64. The average molecular weight is 301 g/mol. The maximum atomic E-state index is 13.8. The Morgan fingerprint density at radius 1 is 1.30 bits per heavy atom. The highest BCUT2D eigenvalue weighted by Crippen LogP contribution is 2.25. The average Bonchev–Trinajstić information content (AvgIpc) is 2.41. The Kier molecular flexibility index (Phi) is 4.31. The number of sulfonamides is 1. The number of nitrogens with two attached hydrogens (primary N) is 1. The lowest BCUT2D eigenvalue weighted by molar-refractivity contribution is 0.196. The maximum absolute atomic E-state index is 13.8. The monoisotopic (exact) mass is 301 g/mol. The molecule has 1 heterocycles. The fourth-order valence-electron chi connectivity index (χ4n) is 2.46. The lowest BCUT2D eigenvalue weighted by atomic mass is 10.1. The van der Waals surface area contributed by atoms with Crippen LogP contribution >= 0.6 is 0 Å². The van der Waals surface area contributed by atoms with E-state index in [4.69, 9.17) is 5.73 Å². The number of nitrogens with zero attached hydrogens (tertiary/aromatic N) is 2. The van der Waals surface area contributed by atoms with E-state index in [0.717, 1.165) is 18.9 Å². The zero-order valence-electron chi connectivity index (χ0n) is 11.7. The molecule has 0 saturated carbocycles. The number of halogens is 1. The van der Waals surface area contributed by atoms with Crippen LogP contribution < -0.4 is 5.73 Å². The predicted molar refractivity (Wildman–Crippen MR) is 76.3 cm³/mol. The lowest BCUT2D eigenvalue weighted by Gasteiger charge is -2.34. The van der Waals surface area contributed by atoms with Gasteiger partial charge in [0.25, 0.3) is 0 Å². The minimum absolute atomic E-state index is 0.244. The largest absolute Gasteiger partial charge is 0.399 e. The third kappa shape index (κ3) is 2.94. The van der Waals surface area contributed by atoms with Gasteiger partial charge in [-0.25, -0.2) is 12.8 Å². The van der Waals surface area contributed by atoms with Crippen molar-refractivity contribution in [2.24, 2.45) is 0 Å². The van der Waals surface area contributed by atoms with Crippen molar-refractivity contribution >= 4 is 15.7 Å². The number of piperidine rings is 1. The fraction of sp³-hybridized carbons (Fsp3) is 0.538. The number of rotatable bonds is 3. The van der Waals surface area contributed by atoms with E-state index in [-0.39, 0.29) is 10.6 Å². The summed E-state index contributed by atoms with van der Waals surface area (Å²) in [5.41, 5.74) is 5.80. The van der Waals surface area contributed by atoms with Crippen LogP contribution in [0.4, 0.5) is 10.1 Å². The molecule has 1 aromatic carbocycles. The van der Waals surface area contributed by atoms with E-state index in [0.29, 0.717) is 19.1 Å². The van der Waals surface area contributed by atoms with Crippen LogP contribution in [0.1, 0.15) is 12.8 Å². The van der Waals surface area contributed by atoms with Gasteiger partial charge in [0.1, 0.15) is 10.7 Å². The Bertz CT molecular complexity index is 581. The van der Waals surface area contributed by atoms with Crippen molar-refractivity contribution in [2.75, 3.05) is 32.9 Å². The molecule has 1 aliphatic heterocycles. The summed E-state index contributed by atoms with van der Waals surface area (Å²) >= 11 is 0. The number of anilines is 1. The number of hydrogen-bond acceptors (Lipinski definition) is 4. The first-order chi connectivity index (χ1) is 9.32. The summed E-state index contributed by atoms with van der Waals surface area (Å²) in [5.74, 6) is -0.756. The van der Waals surface area contributed by atoms with E-state index < -0.39 is 15.8 Å². The fourth-order valence-corrected chi connectivity index (χ4v) is 4.02. The van der Waals surface area contributed by atoms with E-state index in [2.05, 4.69) is 4.90 Å². The van der Waals surface area contributed by atoms with Crippen molar-refractivity contribution < 1.29 is 12.8 Å². The first-order valence-electron chi connectivity index (χ1n) is 6.54. The summed E-state index contributed by atoms with van der Waals surface area (Å²) in [6.07, 6.45) is 1.49. The van der Waals surface area contributed by atoms with Crippen molar-refractivity contribution in [3.63, 3.8) is 0 Å². The van der Waals surface area contributed by atoms with Crippen LogP contribution in [0.15, 0.2) is 23.1 Å². The second-order valence-corrected chi connectivity index (χ2v) is 7.20. The lowest BCUT2D eigenvalue weighted by Crippen LogP contribution is -2.44. The molecule has 0 radical (unpaired) electrons. The second-order valence-electron chi connectivity index (χ2n) is 5.29. The molecule has 20 heavy (non-hydrogen) atoms. The van der Waals surface area contributed by atoms with Gasteiger partial charge in [-0.05, 0) is 45.1 Å². The van der Waals surface area contributed by atoms with Crippen molar-refractivity contribution in [3.8, 4) is 0 Å². The predicted octanol–water partition coefficient (Wildman–Crippen LogP) is 1.12. The van der Waals surface area contributed by atoms with Gasteiger partial charge >= 0.3 is 0 Å². The molecule has 0 aliphatic carbocycles. The smallest absolute Gasteiger partial charge is 0.246 e. The number of nitrogen functional groups attached to an aromatic ring is 1. The van der Waals surface area contributed by atoms with E-state index in [1.807, 2.05) is 14.1 Å². The molecule has 1 saturated heterocycles. The molecule has 2 rings (SSSR count). The van der Waals surface area contributed by atoms with Crippen molar-refractivity contribution in [1.29, 1.82) is 0 Å². The zero-order chi connectivity index (χ0) is 14.9. The summed E-state index contributed by atoms with van der Waals surface area (Å²) in [5, 5.41) is 0. The first-order valence-corrected chi connectivity index (χ1v) is 7.98. The van der Waals surface area contributed by atoms with Crippen LogP contribution in [-0.2, 0) is 10.0 Å². The van der Waals surface area contributed by atoms with Crippen LogP contribution in [0.25, 0.3) is 0 Å². The molecule has 7 heteroatoms. The van der Waals surface area contributed by atoms with E-state index >= 15 is 0 Å². The first kappa shape index (κ1) is 15.2. The quantitative estimate of drug-likeness (QED) is 0.850. The van der Waals surface area contributed by atoms with E-state index in [1.54, 1.807) is 0 Å². The van der Waals surface area contributed by atoms with Gasteiger partial charge in [-0.3, -0.25) is 0 Å². The van der Waals surface area contributed by atoms with Crippen LogP contribution in [-0.4, -0.2) is 50.8 Å². The molecule has 5 nitrogen and oxygen atoms in total. The molecular weight excluding hydrogens is 281 g/mol. The Morgan fingerprint density at radius 3 is 2.45 bits per heavy atom. The highest BCUT2D eigenvalue weighted by Gasteiger charge is 2.31. The summed E-state index contributed by atoms with van der Waals surface area (Å²) in [6, 6.07) is 4.00. The van der Waals surface area contributed by atoms with Crippen molar-refractivity contribution in [2.45, 2.75) is 23.8 Å². The Balaban J connectivity index is 2.22. The summed E-state index contributed by atoms with van der Waals surface area (Å²) < 4.78 is 40.0. The van der Waals surface area contributed by atoms with Gasteiger partial charge in [-0.15, -0.1) is 0 Å². The van der Waals surface area contributed by atoms with Crippen LogP contribution in [0.5, 0.6) is 0 Å².